The number of esters is 1. The molecule has 11 heteroatoms. The monoisotopic (exact) mass is 361 g/mol. The predicted octanol–water partition coefficient (Wildman–Crippen LogP) is 1.20. The number of nitro groups is 1. The first-order chi connectivity index (χ1) is 12.6. The van der Waals surface area contributed by atoms with Crippen LogP contribution >= 0.6 is 0 Å². The molecule has 3 heterocycles. The van der Waals surface area contributed by atoms with Crippen LogP contribution in [0.15, 0.2) is 24.8 Å². The fraction of sp³-hybridized carbons (Fsp3) is 0.333. The quantitative estimate of drug-likeness (QED) is 0.435. The Bertz CT molecular complexity index is 824. The third kappa shape index (κ3) is 3.67. The van der Waals surface area contributed by atoms with Crippen LogP contribution in [0.25, 0.3) is 0 Å². The van der Waals surface area contributed by atoms with Crippen LogP contribution in [0.3, 0.4) is 0 Å². The number of carbonyl (C=O) groups excluding carboxylic acids is 1. The van der Waals surface area contributed by atoms with Gasteiger partial charge in [-0.1, -0.05) is 0 Å². The molecule has 0 radical (unpaired) electrons. The topological polar surface area (TPSA) is 130 Å². The molecule has 2 aromatic heterocycles. The molecule has 0 atom stereocenters. The van der Waals surface area contributed by atoms with Gasteiger partial charge in [0.25, 0.3) is 0 Å². The van der Waals surface area contributed by atoms with E-state index in [9.17, 15) is 14.9 Å². The smallest absolute Gasteiger partial charge is 0.373 e. The highest BCUT2D eigenvalue weighted by Gasteiger charge is 2.29. The van der Waals surface area contributed by atoms with E-state index in [0.29, 0.717) is 26.3 Å². The van der Waals surface area contributed by atoms with E-state index in [0.717, 1.165) is 0 Å². The molecule has 0 bridgehead atoms. The molecule has 3 rings (SSSR count). The van der Waals surface area contributed by atoms with Gasteiger partial charge in [-0.25, -0.2) is 9.78 Å². The van der Waals surface area contributed by atoms with Crippen LogP contribution in [0.4, 0.5) is 11.5 Å². The zero-order valence-corrected chi connectivity index (χ0v) is 13.8. The number of nitrogens with zero attached hydrogens (tertiary/aromatic N) is 5. The summed E-state index contributed by atoms with van der Waals surface area (Å²) < 4.78 is 15.4. The van der Waals surface area contributed by atoms with Crippen LogP contribution in [0.2, 0.25) is 0 Å². The second-order valence-corrected chi connectivity index (χ2v) is 5.21. The maximum atomic E-state index is 11.6. The lowest BCUT2D eigenvalue weighted by Crippen LogP contribution is -2.37. The highest BCUT2D eigenvalue weighted by molar-refractivity contribution is 5.89. The summed E-state index contributed by atoms with van der Waals surface area (Å²) in [6.07, 6.45) is 3.80. The van der Waals surface area contributed by atoms with Crippen molar-refractivity contribution in [2.24, 2.45) is 0 Å². The van der Waals surface area contributed by atoms with Crippen molar-refractivity contribution in [2.45, 2.75) is 0 Å². The van der Waals surface area contributed by atoms with E-state index in [1.54, 1.807) is 4.90 Å². The van der Waals surface area contributed by atoms with Gasteiger partial charge in [-0.15, -0.1) is 0 Å². The van der Waals surface area contributed by atoms with Crippen molar-refractivity contribution >= 4 is 17.5 Å². The SMILES string of the molecule is COC(=O)c1cncc(Oc2ncnc(N3CCOCC3)c2[N+](=O)[O-])c1. The van der Waals surface area contributed by atoms with Gasteiger partial charge < -0.3 is 19.1 Å². The molecule has 0 saturated carbocycles. The van der Waals surface area contributed by atoms with Gasteiger partial charge in [0.15, 0.2) is 0 Å². The lowest BCUT2D eigenvalue weighted by Gasteiger charge is -2.27. The van der Waals surface area contributed by atoms with Crippen molar-refractivity contribution in [2.75, 3.05) is 38.3 Å². The fourth-order valence-electron chi connectivity index (χ4n) is 2.41. The van der Waals surface area contributed by atoms with Gasteiger partial charge in [0, 0.05) is 19.3 Å². The van der Waals surface area contributed by atoms with Gasteiger partial charge in [-0.2, -0.15) is 4.98 Å². The Morgan fingerprint density at radius 3 is 2.77 bits per heavy atom. The Balaban J connectivity index is 1.95. The summed E-state index contributed by atoms with van der Waals surface area (Å²) >= 11 is 0. The fourth-order valence-corrected chi connectivity index (χ4v) is 2.41. The number of methoxy groups -OCH3 is 1. The molecular weight excluding hydrogens is 346 g/mol. The van der Waals surface area contributed by atoms with E-state index in [1.807, 2.05) is 0 Å². The van der Waals surface area contributed by atoms with Gasteiger partial charge >= 0.3 is 17.5 Å². The largest absolute Gasteiger partial charge is 0.465 e. The van der Waals surface area contributed by atoms with E-state index in [2.05, 4.69) is 19.7 Å². The molecule has 11 nitrogen and oxygen atoms in total. The normalized spacial score (nSPS) is 14.0. The first kappa shape index (κ1) is 17.5. The first-order valence-electron chi connectivity index (χ1n) is 7.63. The van der Waals surface area contributed by atoms with Crippen molar-refractivity contribution in [3.63, 3.8) is 0 Å². The number of hydrogen-bond donors (Lipinski definition) is 0. The summed E-state index contributed by atoms with van der Waals surface area (Å²) in [5, 5.41) is 11.6. The Morgan fingerprint density at radius 2 is 2.08 bits per heavy atom. The zero-order valence-electron chi connectivity index (χ0n) is 13.8. The molecule has 0 N–H and O–H groups in total. The number of morpholine rings is 1. The number of hydrogen-bond acceptors (Lipinski definition) is 10. The van der Waals surface area contributed by atoms with Crippen molar-refractivity contribution in [1.82, 2.24) is 15.0 Å². The van der Waals surface area contributed by atoms with Gasteiger partial charge in [0.05, 0.1) is 37.0 Å². The molecule has 0 amide bonds. The molecule has 136 valence electrons. The van der Waals surface area contributed by atoms with Crippen LogP contribution in [0.5, 0.6) is 11.6 Å². The number of anilines is 1. The van der Waals surface area contributed by atoms with E-state index >= 15 is 0 Å². The molecule has 1 fully saturated rings. The number of ether oxygens (including phenoxy) is 3. The van der Waals surface area contributed by atoms with Crippen LogP contribution < -0.4 is 9.64 Å². The minimum atomic E-state index is -0.603. The summed E-state index contributed by atoms with van der Waals surface area (Å²) in [7, 11) is 1.24. The van der Waals surface area contributed by atoms with E-state index in [4.69, 9.17) is 9.47 Å². The second kappa shape index (κ2) is 7.70. The molecule has 2 aromatic rings. The first-order valence-corrected chi connectivity index (χ1v) is 7.63. The maximum absolute atomic E-state index is 11.6. The molecule has 0 aliphatic carbocycles. The van der Waals surface area contributed by atoms with Gasteiger partial charge in [0.2, 0.25) is 5.82 Å². The van der Waals surface area contributed by atoms with E-state index < -0.39 is 10.9 Å². The van der Waals surface area contributed by atoms with E-state index in [1.165, 1.54) is 31.9 Å². The van der Waals surface area contributed by atoms with Gasteiger partial charge in [-0.05, 0) is 6.07 Å². The Kier molecular flexibility index (Phi) is 5.17. The molecule has 0 spiro atoms. The maximum Gasteiger partial charge on any atom is 0.373 e. The average molecular weight is 361 g/mol. The Morgan fingerprint density at radius 1 is 1.31 bits per heavy atom. The molecule has 0 unspecified atom stereocenters. The third-order valence-electron chi connectivity index (χ3n) is 3.61. The average Bonchev–Trinajstić information content (AvgIpc) is 2.68. The molecule has 26 heavy (non-hydrogen) atoms. The van der Waals surface area contributed by atoms with Crippen molar-refractivity contribution < 1.29 is 23.9 Å². The molecule has 0 aromatic carbocycles. The standard InChI is InChI=1S/C15H15N5O6/c1-24-15(21)10-6-11(8-16-7-10)26-14-12(20(22)23)13(17-9-18-14)19-2-4-25-5-3-19/h6-9H,2-5H2,1H3. The van der Waals surface area contributed by atoms with Crippen molar-refractivity contribution in [3.8, 4) is 11.6 Å². The Labute approximate surface area is 147 Å². The zero-order chi connectivity index (χ0) is 18.5. The number of carbonyl (C=O) groups is 1. The summed E-state index contributed by atoms with van der Waals surface area (Å²) in [5.41, 5.74) is -0.215. The molecule has 1 aliphatic heterocycles. The Hall–Kier alpha value is -3.34. The molecule has 1 saturated heterocycles. The van der Waals surface area contributed by atoms with Crippen LogP contribution in [-0.2, 0) is 9.47 Å². The summed E-state index contributed by atoms with van der Waals surface area (Å²) in [4.78, 5) is 36.1. The van der Waals surface area contributed by atoms with Crippen LogP contribution in [-0.4, -0.2) is 59.3 Å². The minimum absolute atomic E-state index is 0.114. The van der Waals surface area contributed by atoms with E-state index in [-0.39, 0.29) is 28.7 Å². The lowest BCUT2D eigenvalue weighted by atomic mass is 10.3. The molecular formula is C15H15N5O6. The van der Waals surface area contributed by atoms with Crippen molar-refractivity contribution in [3.05, 3.63) is 40.5 Å². The van der Waals surface area contributed by atoms with Gasteiger partial charge in [-0.3, -0.25) is 15.1 Å². The highest BCUT2D eigenvalue weighted by atomic mass is 16.6. The van der Waals surface area contributed by atoms with Crippen molar-refractivity contribution in [1.29, 1.82) is 0 Å². The second-order valence-electron chi connectivity index (χ2n) is 5.21. The van der Waals surface area contributed by atoms with Crippen LogP contribution in [0, 0.1) is 10.1 Å². The van der Waals surface area contributed by atoms with Gasteiger partial charge in [0.1, 0.15) is 12.1 Å². The number of pyridine rings is 1. The summed E-state index contributed by atoms with van der Waals surface area (Å²) in [6.45, 7) is 1.83. The summed E-state index contributed by atoms with van der Waals surface area (Å²) in [6, 6.07) is 1.36. The minimum Gasteiger partial charge on any atom is -0.465 e. The number of rotatable bonds is 5. The van der Waals surface area contributed by atoms with Crippen LogP contribution in [0.1, 0.15) is 10.4 Å². The third-order valence-corrected chi connectivity index (χ3v) is 3.61. The number of aromatic nitrogens is 3. The lowest BCUT2D eigenvalue weighted by molar-refractivity contribution is -0.385. The molecule has 1 aliphatic rings. The summed E-state index contributed by atoms with van der Waals surface area (Å²) in [5.74, 6) is -0.576. The predicted molar refractivity (Wildman–Crippen MR) is 87.4 cm³/mol. The highest BCUT2D eigenvalue weighted by Crippen LogP contribution is 2.36.